The van der Waals surface area contributed by atoms with Crippen molar-refractivity contribution in [1.82, 2.24) is 14.9 Å². The highest BCUT2D eigenvalue weighted by Crippen LogP contribution is 2.25. The van der Waals surface area contributed by atoms with Gasteiger partial charge in [-0.25, -0.2) is 8.42 Å². The zero-order valence-corrected chi connectivity index (χ0v) is 17.7. The molecular weight excluding hydrogens is 386 g/mol. The third kappa shape index (κ3) is 5.22. The van der Waals surface area contributed by atoms with E-state index < -0.39 is 10.0 Å². The average Bonchev–Trinajstić information content (AvgIpc) is 2.65. The number of rotatable bonds is 4. The molecule has 0 spiro atoms. The largest absolute Gasteiger partial charge is 0.352 e. The third-order valence-electron chi connectivity index (χ3n) is 5.58. The number of carbonyl (C=O) groups is 1. The van der Waals surface area contributed by atoms with E-state index in [2.05, 4.69) is 10.6 Å². The number of hydrogen-bond acceptors (Lipinski definition) is 4. The third-order valence-corrected chi connectivity index (χ3v) is 7.48. The minimum absolute atomic E-state index is 0. The Morgan fingerprint density at radius 3 is 2.44 bits per heavy atom. The van der Waals surface area contributed by atoms with Crippen molar-refractivity contribution in [2.24, 2.45) is 5.92 Å². The SMILES string of the molecule is Cc1ccc(S(=O)(=O)N2CCC(C(=O)NC3CCCNC3)CC2)cc1C.Cl. The van der Waals surface area contributed by atoms with Gasteiger partial charge in [-0.15, -0.1) is 12.4 Å². The summed E-state index contributed by atoms with van der Waals surface area (Å²) in [5, 5.41) is 6.41. The summed E-state index contributed by atoms with van der Waals surface area (Å²) in [5.41, 5.74) is 2.05. The molecule has 2 aliphatic rings. The van der Waals surface area contributed by atoms with Gasteiger partial charge in [0, 0.05) is 31.6 Å². The first-order valence-corrected chi connectivity index (χ1v) is 10.9. The monoisotopic (exact) mass is 415 g/mol. The fourth-order valence-electron chi connectivity index (χ4n) is 3.68. The number of sulfonamides is 1. The van der Waals surface area contributed by atoms with Crippen LogP contribution in [0.1, 0.15) is 36.8 Å². The molecule has 0 radical (unpaired) electrons. The predicted octanol–water partition coefficient (Wildman–Crippen LogP) is 1.99. The lowest BCUT2D eigenvalue weighted by molar-refractivity contribution is -0.126. The number of carbonyl (C=O) groups excluding carboxylic acids is 1. The summed E-state index contributed by atoms with van der Waals surface area (Å²) in [5.74, 6) is -0.0231. The molecule has 27 heavy (non-hydrogen) atoms. The Bertz CT molecular complexity index is 755. The number of nitrogens with zero attached hydrogens (tertiary/aromatic N) is 1. The number of halogens is 1. The lowest BCUT2D eigenvalue weighted by Crippen LogP contribution is -2.49. The van der Waals surface area contributed by atoms with Crippen LogP contribution in [0.2, 0.25) is 0 Å². The number of piperidine rings is 2. The van der Waals surface area contributed by atoms with E-state index in [0.717, 1.165) is 37.1 Å². The Balaban J connectivity index is 0.00000261. The average molecular weight is 416 g/mol. The van der Waals surface area contributed by atoms with E-state index in [-0.39, 0.29) is 30.3 Å². The van der Waals surface area contributed by atoms with Crippen molar-refractivity contribution in [3.63, 3.8) is 0 Å². The van der Waals surface area contributed by atoms with Crippen LogP contribution in [-0.4, -0.2) is 50.9 Å². The summed E-state index contributed by atoms with van der Waals surface area (Å²) in [6.07, 6.45) is 3.25. The molecule has 2 saturated heterocycles. The van der Waals surface area contributed by atoms with Gasteiger partial charge in [0.05, 0.1) is 4.90 Å². The van der Waals surface area contributed by atoms with Crippen LogP contribution in [0.3, 0.4) is 0 Å². The Morgan fingerprint density at radius 1 is 1.15 bits per heavy atom. The molecule has 0 aliphatic carbocycles. The van der Waals surface area contributed by atoms with Gasteiger partial charge >= 0.3 is 0 Å². The Kier molecular flexibility index (Phi) is 7.68. The van der Waals surface area contributed by atoms with Crippen LogP contribution < -0.4 is 10.6 Å². The number of aryl methyl sites for hydroxylation is 2. The molecule has 0 saturated carbocycles. The van der Waals surface area contributed by atoms with Crippen molar-refractivity contribution in [2.45, 2.75) is 50.5 Å². The van der Waals surface area contributed by atoms with E-state index >= 15 is 0 Å². The van der Waals surface area contributed by atoms with E-state index in [1.807, 2.05) is 19.9 Å². The molecule has 1 atom stereocenters. The van der Waals surface area contributed by atoms with Crippen molar-refractivity contribution < 1.29 is 13.2 Å². The summed E-state index contributed by atoms with van der Waals surface area (Å²) in [6, 6.07) is 5.46. The standard InChI is InChI=1S/C19H29N3O3S.ClH/c1-14-5-6-18(12-15(14)2)26(24,25)22-10-7-16(8-11-22)19(23)21-17-4-3-9-20-13-17;/h5-6,12,16-17,20H,3-4,7-11,13H2,1-2H3,(H,21,23);1H. The zero-order valence-electron chi connectivity index (χ0n) is 16.0. The molecule has 1 aromatic rings. The number of amides is 1. The van der Waals surface area contributed by atoms with E-state index in [1.54, 1.807) is 12.1 Å². The second-order valence-corrected chi connectivity index (χ2v) is 9.41. The van der Waals surface area contributed by atoms with Crippen molar-refractivity contribution in [1.29, 1.82) is 0 Å². The fraction of sp³-hybridized carbons (Fsp3) is 0.632. The molecule has 152 valence electrons. The van der Waals surface area contributed by atoms with Gasteiger partial charge in [-0.1, -0.05) is 6.07 Å². The maximum atomic E-state index is 12.9. The molecular formula is C19H30ClN3O3S. The summed E-state index contributed by atoms with van der Waals surface area (Å²) < 4.78 is 27.2. The quantitative estimate of drug-likeness (QED) is 0.788. The van der Waals surface area contributed by atoms with Crippen molar-refractivity contribution in [3.8, 4) is 0 Å². The van der Waals surface area contributed by atoms with Crippen molar-refractivity contribution in [2.75, 3.05) is 26.2 Å². The second kappa shape index (κ2) is 9.37. The first kappa shape index (κ1) is 22.1. The lowest BCUT2D eigenvalue weighted by atomic mass is 9.96. The summed E-state index contributed by atoms with van der Waals surface area (Å²) >= 11 is 0. The number of nitrogens with one attached hydrogen (secondary N) is 2. The molecule has 2 fully saturated rings. The second-order valence-electron chi connectivity index (χ2n) is 7.48. The molecule has 0 aromatic heterocycles. The van der Waals surface area contributed by atoms with E-state index in [4.69, 9.17) is 0 Å². The summed E-state index contributed by atoms with van der Waals surface area (Å²) in [4.78, 5) is 12.8. The van der Waals surface area contributed by atoms with Crippen LogP contribution >= 0.6 is 12.4 Å². The minimum atomic E-state index is -3.49. The van der Waals surface area contributed by atoms with Gasteiger partial charge in [0.15, 0.2) is 0 Å². The highest BCUT2D eigenvalue weighted by molar-refractivity contribution is 7.89. The molecule has 2 aliphatic heterocycles. The first-order valence-electron chi connectivity index (χ1n) is 9.46. The van der Waals surface area contributed by atoms with Gasteiger partial charge in [-0.05, 0) is 69.3 Å². The molecule has 2 N–H and O–H groups in total. The fourth-order valence-corrected chi connectivity index (χ4v) is 5.23. The van der Waals surface area contributed by atoms with E-state index in [0.29, 0.717) is 30.8 Å². The van der Waals surface area contributed by atoms with Gasteiger partial charge in [0.1, 0.15) is 0 Å². The van der Waals surface area contributed by atoms with Crippen LogP contribution in [0.25, 0.3) is 0 Å². The summed E-state index contributed by atoms with van der Waals surface area (Å²) in [6.45, 7) is 6.53. The molecule has 1 aromatic carbocycles. The van der Waals surface area contributed by atoms with Gasteiger partial charge in [-0.3, -0.25) is 4.79 Å². The lowest BCUT2D eigenvalue weighted by Gasteiger charge is -2.32. The smallest absolute Gasteiger partial charge is 0.243 e. The molecule has 2 heterocycles. The highest BCUT2D eigenvalue weighted by atomic mass is 35.5. The Morgan fingerprint density at radius 2 is 1.85 bits per heavy atom. The zero-order chi connectivity index (χ0) is 18.7. The number of hydrogen-bond donors (Lipinski definition) is 2. The predicted molar refractivity (Wildman–Crippen MR) is 109 cm³/mol. The Labute approximate surface area is 168 Å². The van der Waals surface area contributed by atoms with Crippen LogP contribution in [-0.2, 0) is 14.8 Å². The van der Waals surface area contributed by atoms with Gasteiger partial charge in [0.25, 0.3) is 0 Å². The Hall–Kier alpha value is -1.15. The van der Waals surface area contributed by atoms with Gasteiger partial charge in [-0.2, -0.15) is 4.31 Å². The van der Waals surface area contributed by atoms with Crippen LogP contribution in [0.4, 0.5) is 0 Å². The minimum Gasteiger partial charge on any atom is -0.352 e. The summed E-state index contributed by atoms with van der Waals surface area (Å²) in [7, 11) is -3.49. The normalized spacial score (nSPS) is 22.1. The maximum Gasteiger partial charge on any atom is 0.243 e. The molecule has 8 heteroatoms. The van der Waals surface area contributed by atoms with E-state index in [9.17, 15) is 13.2 Å². The van der Waals surface area contributed by atoms with Gasteiger partial charge < -0.3 is 10.6 Å². The number of benzene rings is 1. The van der Waals surface area contributed by atoms with Crippen LogP contribution in [0.5, 0.6) is 0 Å². The topological polar surface area (TPSA) is 78.5 Å². The van der Waals surface area contributed by atoms with Crippen LogP contribution in [0.15, 0.2) is 23.1 Å². The molecule has 3 rings (SSSR count). The maximum absolute atomic E-state index is 12.9. The van der Waals surface area contributed by atoms with E-state index in [1.165, 1.54) is 4.31 Å². The van der Waals surface area contributed by atoms with Crippen molar-refractivity contribution in [3.05, 3.63) is 29.3 Å². The van der Waals surface area contributed by atoms with Crippen LogP contribution in [0, 0.1) is 19.8 Å². The first-order chi connectivity index (χ1) is 12.4. The molecule has 0 bridgehead atoms. The molecule has 1 unspecified atom stereocenters. The molecule has 6 nitrogen and oxygen atoms in total. The molecule has 1 amide bonds. The highest BCUT2D eigenvalue weighted by Gasteiger charge is 2.32. The van der Waals surface area contributed by atoms with Gasteiger partial charge in [0.2, 0.25) is 15.9 Å². The van der Waals surface area contributed by atoms with Crippen molar-refractivity contribution >= 4 is 28.3 Å².